The van der Waals surface area contributed by atoms with Gasteiger partial charge < -0.3 is 10.1 Å². The summed E-state index contributed by atoms with van der Waals surface area (Å²) in [5.41, 5.74) is 5.27. The number of halogens is 1. The molecule has 1 aromatic carbocycles. The van der Waals surface area contributed by atoms with Crippen molar-refractivity contribution in [1.29, 1.82) is 0 Å². The fraction of sp³-hybridized carbons (Fsp3) is 0.500. The highest BCUT2D eigenvalue weighted by Gasteiger charge is 2.21. The van der Waals surface area contributed by atoms with Crippen molar-refractivity contribution in [2.75, 3.05) is 6.61 Å². The lowest BCUT2D eigenvalue weighted by Crippen LogP contribution is -2.52. The van der Waals surface area contributed by atoms with Crippen molar-refractivity contribution in [3.63, 3.8) is 0 Å². The molecule has 0 heterocycles. The minimum Gasteiger partial charge on any atom is -0.484 e. The highest BCUT2D eigenvalue weighted by atomic mass is 79.9. The van der Waals surface area contributed by atoms with Crippen LogP contribution in [0.1, 0.15) is 32.6 Å². The van der Waals surface area contributed by atoms with Crippen molar-refractivity contribution < 1.29 is 9.53 Å². The molecule has 2 atom stereocenters. The van der Waals surface area contributed by atoms with Crippen molar-refractivity contribution in [2.24, 2.45) is 5.92 Å². The average molecular weight is 400 g/mol. The fourth-order valence-corrected chi connectivity index (χ4v) is 3.04. The highest BCUT2D eigenvalue weighted by molar-refractivity contribution is 9.10. The lowest BCUT2D eigenvalue weighted by molar-refractivity contribution is -0.123. The van der Waals surface area contributed by atoms with Crippen molar-refractivity contribution in [2.45, 2.75) is 38.6 Å². The largest absolute Gasteiger partial charge is 0.484 e. The van der Waals surface area contributed by atoms with Gasteiger partial charge in [0.25, 0.3) is 5.91 Å². The summed E-state index contributed by atoms with van der Waals surface area (Å²) in [5, 5.41) is 3.71. The van der Waals surface area contributed by atoms with Crippen LogP contribution in [0.4, 0.5) is 0 Å². The summed E-state index contributed by atoms with van der Waals surface area (Å²) in [6.07, 6.45) is 4.83. The van der Waals surface area contributed by atoms with Crippen LogP contribution in [0, 0.1) is 5.92 Å². The molecule has 1 aliphatic carbocycles. The number of rotatable bonds is 4. The first kappa shape index (κ1) is 18.0. The van der Waals surface area contributed by atoms with Crippen LogP contribution in [0.15, 0.2) is 28.7 Å². The predicted octanol–water partition coefficient (Wildman–Crippen LogP) is 2.90. The van der Waals surface area contributed by atoms with Crippen molar-refractivity contribution in [3.8, 4) is 5.75 Å². The molecule has 0 unspecified atom stereocenters. The molecular formula is C16H22BrN3O2S. The topological polar surface area (TPSA) is 62.4 Å². The van der Waals surface area contributed by atoms with Gasteiger partial charge in [0.1, 0.15) is 5.75 Å². The molecule has 1 saturated carbocycles. The van der Waals surface area contributed by atoms with Crippen molar-refractivity contribution in [1.82, 2.24) is 16.2 Å². The number of amides is 1. The van der Waals surface area contributed by atoms with Crippen LogP contribution in [0.3, 0.4) is 0 Å². The molecule has 0 aromatic heterocycles. The molecule has 0 spiro atoms. The van der Waals surface area contributed by atoms with Crippen LogP contribution in [-0.2, 0) is 4.79 Å². The second kappa shape index (κ2) is 9.08. The third-order valence-electron chi connectivity index (χ3n) is 3.93. The Morgan fingerprint density at radius 1 is 1.26 bits per heavy atom. The maximum Gasteiger partial charge on any atom is 0.276 e. The second-order valence-electron chi connectivity index (χ2n) is 5.76. The van der Waals surface area contributed by atoms with Gasteiger partial charge in [-0.3, -0.25) is 15.6 Å². The molecule has 1 aliphatic rings. The summed E-state index contributed by atoms with van der Waals surface area (Å²) in [7, 11) is 0. The number of hydrogen-bond acceptors (Lipinski definition) is 3. The van der Waals surface area contributed by atoms with Crippen LogP contribution in [0.25, 0.3) is 0 Å². The number of hydrazine groups is 1. The molecule has 0 aliphatic heterocycles. The van der Waals surface area contributed by atoms with Gasteiger partial charge in [-0.2, -0.15) is 0 Å². The fourth-order valence-electron chi connectivity index (χ4n) is 2.58. The zero-order valence-electron chi connectivity index (χ0n) is 13.1. The van der Waals surface area contributed by atoms with Crippen LogP contribution >= 0.6 is 28.1 Å². The second-order valence-corrected chi connectivity index (χ2v) is 7.08. The third kappa shape index (κ3) is 6.35. The standard InChI is InChI=1S/C16H22BrN3O2S/c1-11-4-2-3-5-14(11)18-16(23)20-19-15(21)10-22-13-8-6-12(17)7-9-13/h6-9,11,14H,2-5,10H2,1H3,(H,19,21)(H2,18,20,23)/t11-,14-/m1/s1. The van der Waals surface area contributed by atoms with E-state index in [1.54, 1.807) is 12.1 Å². The predicted molar refractivity (Wildman–Crippen MR) is 98.1 cm³/mol. The number of carbonyl (C=O) groups excluding carboxylic acids is 1. The first-order valence-corrected chi connectivity index (χ1v) is 8.98. The van der Waals surface area contributed by atoms with Crippen LogP contribution in [-0.4, -0.2) is 23.7 Å². The van der Waals surface area contributed by atoms with E-state index >= 15 is 0 Å². The number of hydrogen-bond donors (Lipinski definition) is 3. The lowest BCUT2D eigenvalue weighted by atomic mass is 9.86. The number of nitrogens with one attached hydrogen (secondary N) is 3. The van der Waals surface area contributed by atoms with Gasteiger partial charge in [0.15, 0.2) is 11.7 Å². The normalized spacial score (nSPS) is 20.4. The van der Waals surface area contributed by atoms with Gasteiger partial charge in [-0.25, -0.2) is 0 Å². The minimum absolute atomic E-state index is 0.0723. The van der Waals surface area contributed by atoms with E-state index in [1.165, 1.54) is 19.3 Å². The molecule has 1 amide bonds. The smallest absolute Gasteiger partial charge is 0.276 e. The summed E-state index contributed by atoms with van der Waals surface area (Å²) >= 11 is 8.56. The zero-order valence-corrected chi connectivity index (χ0v) is 15.5. The van der Waals surface area contributed by atoms with Crippen molar-refractivity contribution in [3.05, 3.63) is 28.7 Å². The van der Waals surface area contributed by atoms with Gasteiger partial charge in [-0.1, -0.05) is 35.7 Å². The molecule has 1 aromatic rings. The summed E-state index contributed by atoms with van der Waals surface area (Å²) in [4.78, 5) is 11.7. The monoisotopic (exact) mass is 399 g/mol. The molecule has 23 heavy (non-hydrogen) atoms. The van der Waals surface area contributed by atoms with E-state index in [0.717, 1.165) is 10.9 Å². The number of thiocarbonyl (C=S) groups is 1. The maximum atomic E-state index is 11.7. The maximum absolute atomic E-state index is 11.7. The van der Waals surface area contributed by atoms with Gasteiger partial charge in [0, 0.05) is 10.5 Å². The molecule has 2 rings (SSSR count). The number of ether oxygens (including phenoxy) is 1. The number of benzene rings is 1. The van der Waals surface area contributed by atoms with Crippen LogP contribution in [0.5, 0.6) is 5.75 Å². The quantitative estimate of drug-likeness (QED) is 0.536. The lowest BCUT2D eigenvalue weighted by Gasteiger charge is -2.30. The van der Waals surface area contributed by atoms with Gasteiger partial charge in [0.2, 0.25) is 0 Å². The van der Waals surface area contributed by atoms with Crippen molar-refractivity contribution >= 4 is 39.2 Å². The molecule has 126 valence electrons. The minimum atomic E-state index is -0.284. The molecule has 1 fully saturated rings. The molecule has 0 radical (unpaired) electrons. The summed E-state index contributed by atoms with van der Waals surface area (Å²) < 4.78 is 6.35. The highest BCUT2D eigenvalue weighted by Crippen LogP contribution is 2.23. The zero-order chi connectivity index (χ0) is 16.7. The SMILES string of the molecule is C[C@@H]1CCCC[C@H]1NC(=S)NNC(=O)COc1ccc(Br)cc1. The summed E-state index contributed by atoms with van der Waals surface area (Å²) in [6.45, 7) is 2.15. The first-order chi connectivity index (χ1) is 11.0. The van der Waals surface area contributed by atoms with E-state index in [9.17, 15) is 4.79 Å². The molecular weight excluding hydrogens is 378 g/mol. The van der Waals surface area contributed by atoms with Gasteiger partial charge >= 0.3 is 0 Å². The first-order valence-electron chi connectivity index (χ1n) is 7.78. The van der Waals surface area contributed by atoms with Crippen LogP contribution in [0.2, 0.25) is 0 Å². The Labute approximate surface area is 150 Å². The molecule has 7 heteroatoms. The Kier molecular flexibility index (Phi) is 7.11. The summed E-state index contributed by atoms with van der Waals surface area (Å²) in [6, 6.07) is 7.67. The molecule has 3 N–H and O–H groups in total. The van der Waals surface area contributed by atoms with E-state index in [0.29, 0.717) is 22.8 Å². The Hall–Kier alpha value is -1.34. The number of carbonyl (C=O) groups is 1. The Bertz CT molecular complexity index is 539. The van der Waals surface area contributed by atoms with E-state index < -0.39 is 0 Å². The molecule has 0 bridgehead atoms. The van der Waals surface area contributed by atoms with E-state index in [4.69, 9.17) is 17.0 Å². The third-order valence-corrected chi connectivity index (χ3v) is 4.68. The molecule has 5 nitrogen and oxygen atoms in total. The Morgan fingerprint density at radius 2 is 1.96 bits per heavy atom. The summed E-state index contributed by atoms with van der Waals surface area (Å²) in [5.74, 6) is 0.953. The van der Waals surface area contributed by atoms with E-state index in [2.05, 4.69) is 39.0 Å². The van der Waals surface area contributed by atoms with Gasteiger partial charge in [-0.05, 0) is 55.2 Å². The van der Waals surface area contributed by atoms with E-state index in [-0.39, 0.29) is 12.5 Å². The van der Waals surface area contributed by atoms with Gasteiger partial charge in [-0.15, -0.1) is 0 Å². The Balaban J connectivity index is 1.65. The average Bonchev–Trinajstić information content (AvgIpc) is 2.54. The Morgan fingerprint density at radius 3 is 2.65 bits per heavy atom. The van der Waals surface area contributed by atoms with E-state index in [1.807, 2.05) is 12.1 Å². The van der Waals surface area contributed by atoms with Gasteiger partial charge in [0.05, 0.1) is 0 Å². The molecule has 0 saturated heterocycles. The van der Waals surface area contributed by atoms with Crippen LogP contribution < -0.4 is 20.9 Å².